The van der Waals surface area contributed by atoms with Crippen LogP contribution in [0, 0.1) is 0 Å². The molecule has 0 spiro atoms. The first-order valence-electron chi connectivity index (χ1n) is 7.08. The lowest BCUT2D eigenvalue weighted by atomic mass is 10.0. The molecule has 2 heterocycles. The zero-order chi connectivity index (χ0) is 15.0. The maximum Gasteiger partial charge on any atom is 0.201 e. The van der Waals surface area contributed by atoms with E-state index in [1.807, 2.05) is 16.7 Å². The maximum atomic E-state index is 6.09. The van der Waals surface area contributed by atoms with Crippen molar-refractivity contribution in [3.8, 4) is 11.5 Å². The highest BCUT2D eigenvalue weighted by atomic mass is 16.5. The zero-order valence-electron chi connectivity index (χ0n) is 12.7. The molecule has 0 bridgehead atoms. The van der Waals surface area contributed by atoms with Crippen LogP contribution >= 0.6 is 0 Å². The van der Waals surface area contributed by atoms with E-state index in [0.717, 1.165) is 30.5 Å². The normalized spacial score (nSPS) is 21.9. The number of hydrogen-bond acceptors (Lipinski definition) is 5. The van der Waals surface area contributed by atoms with E-state index in [1.54, 1.807) is 14.2 Å². The molecular weight excluding hydrogens is 270 g/mol. The second-order valence-electron chi connectivity index (χ2n) is 5.65. The third-order valence-corrected chi connectivity index (χ3v) is 4.08. The molecule has 6 heteroatoms. The van der Waals surface area contributed by atoms with Crippen molar-refractivity contribution in [1.82, 2.24) is 9.55 Å². The molecule has 0 amide bonds. The molecule has 114 valence electrons. The molecule has 1 aromatic carbocycles. The van der Waals surface area contributed by atoms with Crippen molar-refractivity contribution < 1.29 is 14.2 Å². The molecule has 1 saturated heterocycles. The molecule has 1 aliphatic heterocycles. The summed E-state index contributed by atoms with van der Waals surface area (Å²) in [5, 5.41) is 0. The van der Waals surface area contributed by atoms with Gasteiger partial charge >= 0.3 is 0 Å². The largest absolute Gasteiger partial charge is 0.493 e. The van der Waals surface area contributed by atoms with Gasteiger partial charge in [-0.05, 0) is 19.8 Å². The molecular formula is C15H21N3O3. The summed E-state index contributed by atoms with van der Waals surface area (Å²) in [5.74, 6) is 1.80. The molecule has 1 aromatic heterocycles. The van der Waals surface area contributed by atoms with Gasteiger partial charge in [-0.3, -0.25) is 0 Å². The maximum absolute atomic E-state index is 6.09. The summed E-state index contributed by atoms with van der Waals surface area (Å²) in [7, 11) is 3.23. The second-order valence-corrected chi connectivity index (χ2v) is 5.65. The summed E-state index contributed by atoms with van der Waals surface area (Å²) in [4.78, 5) is 4.42. The monoisotopic (exact) mass is 291 g/mol. The van der Waals surface area contributed by atoms with E-state index in [0.29, 0.717) is 24.0 Å². The molecule has 1 atom stereocenters. The van der Waals surface area contributed by atoms with Gasteiger partial charge in [0.05, 0.1) is 37.4 Å². The average Bonchev–Trinajstić information content (AvgIpc) is 3.02. The van der Waals surface area contributed by atoms with E-state index < -0.39 is 0 Å². The van der Waals surface area contributed by atoms with Crippen molar-refractivity contribution in [2.24, 2.45) is 0 Å². The van der Waals surface area contributed by atoms with Gasteiger partial charge in [-0.25, -0.2) is 4.98 Å². The Morgan fingerprint density at radius 1 is 1.33 bits per heavy atom. The van der Waals surface area contributed by atoms with Crippen molar-refractivity contribution in [1.29, 1.82) is 0 Å². The van der Waals surface area contributed by atoms with Crippen molar-refractivity contribution in [3.05, 3.63) is 12.1 Å². The molecule has 0 aliphatic carbocycles. The van der Waals surface area contributed by atoms with E-state index >= 15 is 0 Å². The van der Waals surface area contributed by atoms with Crippen molar-refractivity contribution in [2.75, 3.05) is 26.6 Å². The van der Waals surface area contributed by atoms with Crippen molar-refractivity contribution in [2.45, 2.75) is 31.9 Å². The Morgan fingerprint density at radius 2 is 2.05 bits per heavy atom. The fourth-order valence-corrected chi connectivity index (χ4v) is 2.93. The van der Waals surface area contributed by atoms with E-state index in [9.17, 15) is 0 Å². The number of anilines is 1. The lowest BCUT2D eigenvalue weighted by molar-refractivity contribution is 0.00750. The molecule has 6 nitrogen and oxygen atoms in total. The number of benzene rings is 1. The molecule has 3 rings (SSSR count). The van der Waals surface area contributed by atoms with Crippen LogP contribution in [0.2, 0.25) is 0 Å². The first-order chi connectivity index (χ1) is 10.1. The van der Waals surface area contributed by atoms with E-state index in [-0.39, 0.29) is 5.60 Å². The molecule has 21 heavy (non-hydrogen) atoms. The number of rotatable bonds is 4. The third-order valence-electron chi connectivity index (χ3n) is 4.08. The summed E-state index contributed by atoms with van der Waals surface area (Å²) < 4.78 is 18.5. The predicted octanol–water partition coefficient (Wildman–Crippen LogP) is 2.20. The second kappa shape index (κ2) is 5.11. The van der Waals surface area contributed by atoms with Crippen LogP contribution in [0.4, 0.5) is 5.95 Å². The van der Waals surface area contributed by atoms with Gasteiger partial charge < -0.3 is 24.5 Å². The molecule has 0 saturated carbocycles. The first kappa shape index (κ1) is 14.0. The van der Waals surface area contributed by atoms with Gasteiger partial charge in [0, 0.05) is 18.7 Å². The van der Waals surface area contributed by atoms with Crippen LogP contribution in [0.5, 0.6) is 11.5 Å². The number of aromatic nitrogens is 2. The number of hydrogen-bond donors (Lipinski definition) is 1. The number of fused-ring (bicyclic) bond motifs is 1. The number of ether oxygens (including phenoxy) is 3. The van der Waals surface area contributed by atoms with Gasteiger partial charge in [-0.15, -0.1) is 0 Å². The van der Waals surface area contributed by atoms with Crippen LogP contribution in [0.15, 0.2) is 12.1 Å². The van der Waals surface area contributed by atoms with Gasteiger partial charge in [0.2, 0.25) is 5.95 Å². The van der Waals surface area contributed by atoms with Crippen LogP contribution in [-0.2, 0) is 11.3 Å². The van der Waals surface area contributed by atoms with Gasteiger partial charge in [0.15, 0.2) is 11.5 Å². The number of imidazole rings is 1. The molecule has 2 N–H and O–H groups in total. The minimum absolute atomic E-state index is 0.186. The highest BCUT2D eigenvalue weighted by Gasteiger charge is 2.31. The quantitative estimate of drug-likeness (QED) is 0.935. The highest BCUT2D eigenvalue weighted by molar-refractivity contribution is 5.82. The van der Waals surface area contributed by atoms with Crippen LogP contribution in [-0.4, -0.2) is 36.0 Å². The highest BCUT2D eigenvalue weighted by Crippen LogP contribution is 2.35. The average molecular weight is 291 g/mol. The summed E-state index contributed by atoms with van der Waals surface area (Å²) in [6, 6.07) is 3.76. The van der Waals surface area contributed by atoms with Crippen LogP contribution < -0.4 is 15.2 Å². The lowest BCUT2D eigenvalue weighted by Crippen LogP contribution is -2.30. The number of methoxy groups -OCH3 is 2. The van der Waals surface area contributed by atoms with Crippen LogP contribution in [0.1, 0.15) is 19.8 Å². The standard InChI is InChI=1S/C15H21N3O3/c1-15(5-4-6-21-15)9-18-11-8-13(20-3)12(19-2)7-10(11)17-14(18)16/h7-8H,4-6,9H2,1-3H3,(H2,16,17). The van der Waals surface area contributed by atoms with Gasteiger partial charge in [-0.2, -0.15) is 0 Å². The molecule has 1 aliphatic rings. The fourth-order valence-electron chi connectivity index (χ4n) is 2.93. The van der Waals surface area contributed by atoms with E-state index in [2.05, 4.69) is 11.9 Å². The van der Waals surface area contributed by atoms with E-state index in [1.165, 1.54) is 0 Å². The Hall–Kier alpha value is -1.95. The number of nitrogens with two attached hydrogens (primary N) is 1. The van der Waals surface area contributed by atoms with Crippen molar-refractivity contribution in [3.63, 3.8) is 0 Å². The van der Waals surface area contributed by atoms with Gasteiger partial charge in [0.25, 0.3) is 0 Å². The summed E-state index contributed by atoms with van der Waals surface area (Å²) in [6.07, 6.45) is 2.11. The topological polar surface area (TPSA) is 71.5 Å². The third kappa shape index (κ3) is 2.40. The summed E-state index contributed by atoms with van der Waals surface area (Å²) in [6.45, 7) is 3.61. The lowest BCUT2D eigenvalue weighted by Gasteiger charge is -2.24. The molecule has 0 radical (unpaired) electrons. The van der Waals surface area contributed by atoms with Crippen molar-refractivity contribution >= 4 is 17.0 Å². The Bertz CT molecular complexity index is 660. The van der Waals surface area contributed by atoms with Crippen LogP contribution in [0.25, 0.3) is 11.0 Å². The Balaban J connectivity index is 2.07. The zero-order valence-corrected chi connectivity index (χ0v) is 12.7. The fraction of sp³-hybridized carbons (Fsp3) is 0.533. The number of nitrogen functional groups attached to an aromatic ring is 1. The SMILES string of the molecule is COc1cc2nc(N)n(CC3(C)CCCO3)c2cc1OC. The first-order valence-corrected chi connectivity index (χ1v) is 7.08. The van der Waals surface area contributed by atoms with Gasteiger partial charge in [0.1, 0.15) is 0 Å². The molecule has 1 unspecified atom stereocenters. The predicted molar refractivity (Wildman–Crippen MR) is 80.8 cm³/mol. The summed E-state index contributed by atoms with van der Waals surface area (Å²) >= 11 is 0. The van der Waals surface area contributed by atoms with Gasteiger partial charge in [-0.1, -0.05) is 0 Å². The summed E-state index contributed by atoms with van der Waals surface area (Å²) in [5.41, 5.74) is 7.63. The molecule has 1 fully saturated rings. The van der Waals surface area contributed by atoms with E-state index in [4.69, 9.17) is 19.9 Å². The minimum Gasteiger partial charge on any atom is -0.493 e. The number of nitrogens with zero attached hydrogens (tertiary/aromatic N) is 2. The Morgan fingerprint density at radius 3 is 2.67 bits per heavy atom. The Labute approximate surface area is 123 Å². The smallest absolute Gasteiger partial charge is 0.201 e. The van der Waals surface area contributed by atoms with Crippen LogP contribution in [0.3, 0.4) is 0 Å². The minimum atomic E-state index is -0.186. The molecule has 2 aromatic rings. The Kier molecular flexibility index (Phi) is 3.41.